The molecule has 0 aromatic carbocycles. The van der Waals surface area contributed by atoms with Gasteiger partial charge >= 0.3 is 0 Å². The summed E-state index contributed by atoms with van der Waals surface area (Å²) in [6.07, 6.45) is 4.63. The fraction of sp³-hybridized carbons (Fsp3) is 0.750. The monoisotopic (exact) mass is 138 g/mol. The van der Waals surface area contributed by atoms with Gasteiger partial charge in [0.05, 0.1) is 6.04 Å². The highest BCUT2D eigenvalue weighted by atomic mass is 14.9. The van der Waals surface area contributed by atoms with Gasteiger partial charge in [-0.25, -0.2) is 4.99 Å². The van der Waals surface area contributed by atoms with E-state index in [1.165, 1.54) is 0 Å². The van der Waals surface area contributed by atoms with Gasteiger partial charge in [-0.2, -0.15) is 0 Å². The Hall–Kier alpha value is -0.660. The van der Waals surface area contributed by atoms with Gasteiger partial charge in [-0.1, -0.05) is 20.8 Å². The Balaban J connectivity index is 2.40. The van der Waals surface area contributed by atoms with Crippen molar-refractivity contribution in [2.75, 3.05) is 0 Å². The Bertz CT molecular complexity index is 151. The van der Waals surface area contributed by atoms with E-state index < -0.39 is 0 Å². The largest absolute Gasteiger partial charge is 0.264 e. The van der Waals surface area contributed by atoms with Crippen LogP contribution in [0.2, 0.25) is 0 Å². The molecule has 1 aliphatic rings. The molecule has 1 heterocycles. The van der Waals surface area contributed by atoms with E-state index in [2.05, 4.69) is 30.8 Å². The molecule has 0 aromatic rings. The molecule has 1 unspecified atom stereocenters. The fourth-order valence-corrected chi connectivity index (χ4v) is 1.03. The van der Waals surface area contributed by atoms with Crippen LogP contribution in [0.3, 0.4) is 0 Å². The van der Waals surface area contributed by atoms with E-state index in [-0.39, 0.29) is 0 Å². The lowest BCUT2D eigenvalue weighted by Crippen LogP contribution is -2.15. The van der Waals surface area contributed by atoms with Gasteiger partial charge in [0.15, 0.2) is 0 Å². The molecule has 0 aromatic heterocycles. The highest BCUT2D eigenvalue weighted by Crippen LogP contribution is 2.22. The van der Waals surface area contributed by atoms with E-state index in [1.54, 1.807) is 6.34 Å². The summed E-state index contributed by atoms with van der Waals surface area (Å²) in [6.45, 7) is 6.65. The van der Waals surface area contributed by atoms with Crippen molar-refractivity contribution in [1.29, 1.82) is 0 Å². The molecule has 10 heavy (non-hydrogen) atoms. The minimum atomic E-state index is 0.333. The normalized spacial score (nSPS) is 24.1. The van der Waals surface area contributed by atoms with Gasteiger partial charge in [0, 0.05) is 6.21 Å². The molecule has 1 atom stereocenters. The third kappa shape index (κ3) is 2.29. The van der Waals surface area contributed by atoms with Crippen molar-refractivity contribution in [1.82, 2.24) is 0 Å². The summed E-state index contributed by atoms with van der Waals surface area (Å²) in [6, 6.07) is 0.333. The molecule has 0 amide bonds. The Labute approximate surface area is 62.1 Å². The second-order valence-electron chi connectivity index (χ2n) is 3.89. The first kappa shape index (κ1) is 7.45. The molecule has 56 valence electrons. The van der Waals surface area contributed by atoms with Gasteiger partial charge in [-0.05, 0) is 11.8 Å². The van der Waals surface area contributed by atoms with Crippen molar-refractivity contribution >= 4 is 12.6 Å². The zero-order valence-corrected chi connectivity index (χ0v) is 6.83. The zero-order chi connectivity index (χ0) is 7.61. The molecule has 0 saturated carbocycles. The van der Waals surface area contributed by atoms with Crippen molar-refractivity contribution in [2.45, 2.75) is 33.2 Å². The van der Waals surface area contributed by atoms with Crippen LogP contribution >= 0.6 is 0 Å². The zero-order valence-electron chi connectivity index (χ0n) is 6.83. The van der Waals surface area contributed by atoms with E-state index >= 15 is 0 Å². The number of nitrogens with zero attached hydrogens (tertiary/aromatic N) is 2. The first-order chi connectivity index (χ1) is 4.58. The fourth-order valence-electron chi connectivity index (χ4n) is 1.03. The summed E-state index contributed by atoms with van der Waals surface area (Å²) in [4.78, 5) is 8.11. The van der Waals surface area contributed by atoms with Crippen molar-refractivity contribution in [3.63, 3.8) is 0 Å². The van der Waals surface area contributed by atoms with Crippen LogP contribution in [0, 0.1) is 5.41 Å². The van der Waals surface area contributed by atoms with E-state index in [0.29, 0.717) is 11.5 Å². The van der Waals surface area contributed by atoms with Crippen LogP contribution < -0.4 is 0 Å². The lowest BCUT2D eigenvalue weighted by atomic mass is 9.89. The molecule has 0 N–H and O–H groups in total. The minimum absolute atomic E-state index is 0.333. The SMILES string of the molecule is CC(C)(C)CC1C=NC=N1. The number of hydrogen-bond acceptors (Lipinski definition) is 2. The predicted octanol–water partition coefficient (Wildman–Crippen LogP) is 1.90. The van der Waals surface area contributed by atoms with Crippen LogP contribution in [0.5, 0.6) is 0 Å². The highest BCUT2D eigenvalue weighted by molar-refractivity contribution is 5.82. The Morgan fingerprint density at radius 2 is 2.10 bits per heavy atom. The molecule has 0 aliphatic carbocycles. The molecular weight excluding hydrogens is 124 g/mol. The third-order valence-corrected chi connectivity index (χ3v) is 1.40. The molecule has 0 fully saturated rings. The predicted molar refractivity (Wildman–Crippen MR) is 44.8 cm³/mol. The molecule has 0 spiro atoms. The van der Waals surface area contributed by atoms with Crippen molar-refractivity contribution in [3.8, 4) is 0 Å². The quantitative estimate of drug-likeness (QED) is 0.528. The maximum atomic E-state index is 4.17. The van der Waals surface area contributed by atoms with Crippen LogP contribution in [-0.4, -0.2) is 18.6 Å². The second kappa shape index (κ2) is 2.52. The first-order valence-corrected chi connectivity index (χ1v) is 3.63. The Morgan fingerprint density at radius 1 is 1.40 bits per heavy atom. The van der Waals surface area contributed by atoms with Gasteiger partial charge in [0.2, 0.25) is 0 Å². The Kier molecular flexibility index (Phi) is 1.88. The lowest BCUT2D eigenvalue weighted by molar-refractivity contribution is 0.371. The number of hydrogen-bond donors (Lipinski definition) is 0. The van der Waals surface area contributed by atoms with Crippen LogP contribution in [-0.2, 0) is 0 Å². The van der Waals surface area contributed by atoms with E-state index in [9.17, 15) is 0 Å². The standard InChI is InChI=1S/C8H14N2/c1-8(2,3)4-7-5-9-6-10-7/h5-7H,4H2,1-3H3. The van der Waals surface area contributed by atoms with E-state index in [4.69, 9.17) is 0 Å². The summed E-state index contributed by atoms with van der Waals surface area (Å²) in [5.41, 5.74) is 0.359. The summed E-state index contributed by atoms with van der Waals surface area (Å²) in [5.74, 6) is 0. The molecule has 0 radical (unpaired) electrons. The van der Waals surface area contributed by atoms with E-state index in [1.807, 2.05) is 6.21 Å². The maximum absolute atomic E-state index is 4.17. The van der Waals surface area contributed by atoms with Gasteiger partial charge < -0.3 is 0 Å². The molecule has 1 rings (SSSR count). The van der Waals surface area contributed by atoms with Gasteiger partial charge in [0.25, 0.3) is 0 Å². The maximum Gasteiger partial charge on any atom is 0.110 e. The molecule has 0 bridgehead atoms. The van der Waals surface area contributed by atoms with Crippen molar-refractivity contribution < 1.29 is 0 Å². The molecule has 2 nitrogen and oxygen atoms in total. The smallest absolute Gasteiger partial charge is 0.110 e. The average molecular weight is 138 g/mol. The van der Waals surface area contributed by atoms with Crippen LogP contribution in [0.1, 0.15) is 27.2 Å². The average Bonchev–Trinajstić information content (AvgIpc) is 2.12. The van der Waals surface area contributed by atoms with Gasteiger partial charge in [-0.15, -0.1) is 0 Å². The number of rotatable bonds is 1. The topological polar surface area (TPSA) is 24.7 Å². The Morgan fingerprint density at radius 3 is 2.50 bits per heavy atom. The van der Waals surface area contributed by atoms with Crippen LogP contribution in [0.25, 0.3) is 0 Å². The molecule has 1 aliphatic heterocycles. The molecular formula is C8H14N2. The molecule has 2 heteroatoms. The van der Waals surface area contributed by atoms with E-state index in [0.717, 1.165) is 6.42 Å². The summed E-state index contributed by atoms with van der Waals surface area (Å²) in [7, 11) is 0. The minimum Gasteiger partial charge on any atom is -0.264 e. The number of aliphatic imine (C=N–C) groups is 2. The highest BCUT2D eigenvalue weighted by Gasteiger charge is 2.17. The van der Waals surface area contributed by atoms with Crippen molar-refractivity contribution in [3.05, 3.63) is 0 Å². The van der Waals surface area contributed by atoms with Gasteiger partial charge in [-0.3, -0.25) is 4.99 Å². The summed E-state index contributed by atoms with van der Waals surface area (Å²) < 4.78 is 0. The van der Waals surface area contributed by atoms with Gasteiger partial charge in [0.1, 0.15) is 6.34 Å². The first-order valence-electron chi connectivity index (χ1n) is 3.63. The van der Waals surface area contributed by atoms with Crippen LogP contribution in [0.4, 0.5) is 0 Å². The summed E-state index contributed by atoms with van der Waals surface area (Å²) in [5, 5.41) is 0. The second-order valence-corrected chi connectivity index (χ2v) is 3.89. The van der Waals surface area contributed by atoms with Crippen molar-refractivity contribution in [2.24, 2.45) is 15.4 Å². The molecule has 0 saturated heterocycles. The third-order valence-electron chi connectivity index (χ3n) is 1.40. The summed E-state index contributed by atoms with van der Waals surface area (Å²) >= 11 is 0. The van der Waals surface area contributed by atoms with Crippen LogP contribution in [0.15, 0.2) is 9.98 Å². The lowest BCUT2D eigenvalue weighted by Gasteiger charge is -2.19.